The van der Waals surface area contributed by atoms with E-state index in [1.165, 1.54) is 18.3 Å². The summed E-state index contributed by atoms with van der Waals surface area (Å²) < 4.78 is 15.7. The Hall–Kier alpha value is -3.55. The summed E-state index contributed by atoms with van der Waals surface area (Å²) in [6.45, 7) is 3.58. The molecule has 0 aliphatic heterocycles. The molecule has 2 aromatic heterocycles. The van der Waals surface area contributed by atoms with Crippen LogP contribution in [0.3, 0.4) is 0 Å². The summed E-state index contributed by atoms with van der Waals surface area (Å²) in [6.07, 6.45) is 1.62. The summed E-state index contributed by atoms with van der Waals surface area (Å²) in [5.41, 5.74) is 1.92. The second-order valence-electron chi connectivity index (χ2n) is 6.56. The second kappa shape index (κ2) is 9.09. The lowest BCUT2D eigenvalue weighted by Gasteiger charge is -2.21. The molecule has 0 aliphatic rings. The van der Waals surface area contributed by atoms with E-state index in [0.29, 0.717) is 28.7 Å². The van der Waals surface area contributed by atoms with Crippen molar-refractivity contribution >= 4 is 17.5 Å². The van der Waals surface area contributed by atoms with Crippen molar-refractivity contribution in [2.45, 2.75) is 26.8 Å². The van der Waals surface area contributed by atoms with Gasteiger partial charge < -0.3 is 23.9 Å². The Morgan fingerprint density at radius 3 is 2.62 bits per heavy atom. The molecule has 0 spiro atoms. The number of hydrogen-bond acceptors (Lipinski definition) is 6. The fourth-order valence-electron chi connectivity index (χ4n) is 2.95. The van der Waals surface area contributed by atoms with E-state index in [2.05, 4.69) is 10.5 Å². The van der Waals surface area contributed by atoms with Gasteiger partial charge in [0.25, 0.3) is 0 Å². The highest BCUT2D eigenvalue weighted by Gasteiger charge is 2.22. The molecular weight excluding hydrogens is 374 g/mol. The number of carbonyl (C=O) groups excluding carboxylic acids is 2. The van der Waals surface area contributed by atoms with Crippen LogP contribution in [-0.2, 0) is 22.6 Å². The number of rotatable bonds is 8. The van der Waals surface area contributed by atoms with Crippen LogP contribution in [0.2, 0.25) is 0 Å². The first kappa shape index (κ1) is 20.2. The van der Waals surface area contributed by atoms with Gasteiger partial charge in [-0.25, -0.2) is 0 Å². The van der Waals surface area contributed by atoms with Gasteiger partial charge in [-0.15, -0.1) is 0 Å². The van der Waals surface area contributed by atoms with Gasteiger partial charge in [-0.05, 0) is 38.1 Å². The first-order valence-electron chi connectivity index (χ1n) is 9.12. The van der Waals surface area contributed by atoms with Crippen LogP contribution in [0.5, 0.6) is 5.75 Å². The SMILES string of the molecule is COc1ccccc1NC(=O)CN(Cc1ccco1)C(=O)Cc1c(C)noc1C. The number of para-hydroxylation sites is 2. The zero-order chi connectivity index (χ0) is 20.8. The van der Waals surface area contributed by atoms with E-state index in [0.717, 1.165) is 5.56 Å². The van der Waals surface area contributed by atoms with Gasteiger partial charge in [0.2, 0.25) is 11.8 Å². The van der Waals surface area contributed by atoms with Gasteiger partial charge in [0.15, 0.2) is 0 Å². The molecule has 2 heterocycles. The van der Waals surface area contributed by atoms with E-state index in [-0.39, 0.29) is 31.3 Å². The van der Waals surface area contributed by atoms with Crippen molar-refractivity contribution < 1.29 is 23.3 Å². The molecule has 0 atom stereocenters. The normalized spacial score (nSPS) is 10.6. The standard InChI is InChI=1S/C21H23N3O5/c1-14-17(15(2)29-23-14)11-21(26)24(12-16-7-6-10-28-16)13-20(25)22-18-8-4-5-9-19(18)27-3/h4-10H,11-13H2,1-3H3,(H,22,25). The van der Waals surface area contributed by atoms with Crippen molar-refractivity contribution in [2.24, 2.45) is 0 Å². The summed E-state index contributed by atoms with van der Waals surface area (Å²) in [5, 5.41) is 6.67. The maximum Gasteiger partial charge on any atom is 0.244 e. The Morgan fingerprint density at radius 2 is 1.97 bits per heavy atom. The summed E-state index contributed by atoms with van der Waals surface area (Å²) in [6, 6.07) is 10.6. The van der Waals surface area contributed by atoms with E-state index in [9.17, 15) is 9.59 Å². The highest BCUT2D eigenvalue weighted by Crippen LogP contribution is 2.23. The molecular formula is C21H23N3O5. The lowest BCUT2D eigenvalue weighted by molar-refractivity contribution is -0.135. The Labute approximate surface area is 168 Å². The third kappa shape index (κ3) is 5.04. The van der Waals surface area contributed by atoms with Gasteiger partial charge in [-0.2, -0.15) is 0 Å². The number of carbonyl (C=O) groups is 2. The molecule has 3 aromatic rings. The van der Waals surface area contributed by atoms with Crippen LogP contribution in [-0.4, -0.2) is 35.5 Å². The minimum atomic E-state index is -0.340. The number of nitrogens with one attached hydrogen (secondary N) is 1. The topological polar surface area (TPSA) is 97.8 Å². The quantitative estimate of drug-likeness (QED) is 0.627. The van der Waals surface area contributed by atoms with Crippen LogP contribution in [0.1, 0.15) is 22.8 Å². The molecule has 8 nitrogen and oxygen atoms in total. The second-order valence-corrected chi connectivity index (χ2v) is 6.56. The Bertz CT molecular complexity index is 959. The number of anilines is 1. The molecule has 152 valence electrons. The minimum Gasteiger partial charge on any atom is -0.495 e. The molecule has 2 amide bonds. The number of benzene rings is 1. The Morgan fingerprint density at radius 1 is 1.17 bits per heavy atom. The van der Waals surface area contributed by atoms with Crippen molar-refractivity contribution in [2.75, 3.05) is 19.0 Å². The highest BCUT2D eigenvalue weighted by molar-refractivity contribution is 5.95. The lowest BCUT2D eigenvalue weighted by Crippen LogP contribution is -2.38. The zero-order valence-corrected chi connectivity index (χ0v) is 16.6. The molecule has 0 aliphatic carbocycles. The first-order chi connectivity index (χ1) is 14.0. The number of methoxy groups -OCH3 is 1. The molecule has 29 heavy (non-hydrogen) atoms. The summed E-state index contributed by atoms with van der Waals surface area (Å²) in [7, 11) is 1.53. The van der Waals surface area contributed by atoms with Gasteiger partial charge in [0.05, 0.1) is 37.7 Å². The number of nitrogens with zero attached hydrogens (tertiary/aromatic N) is 2. The first-order valence-corrected chi connectivity index (χ1v) is 9.12. The number of amides is 2. The molecule has 0 radical (unpaired) electrons. The maximum absolute atomic E-state index is 13.0. The average Bonchev–Trinajstić information content (AvgIpc) is 3.33. The maximum atomic E-state index is 13.0. The van der Waals surface area contributed by atoms with E-state index in [1.807, 2.05) is 6.07 Å². The van der Waals surface area contributed by atoms with Gasteiger partial charge in [0.1, 0.15) is 23.8 Å². The molecule has 0 saturated heterocycles. The Balaban J connectivity index is 1.74. The number of aromatic nitrogens is 1. The van der Waals surface area contributed by atoms with Crippen LogP contribution in [0.25, 0.3) is 0 Å². The van der Waals surface area contributed by atoms with Crippen LogP contribution >= 0.6 is 0 Å². The highest BCUT2D eigenvalue weighted by atomic mass is 16.5. The number of furan rings is 1. The molecule has 0 bridgehead atoms. The molecule has 1 aromatic carbocycles. The summed E-state index contributed by atoms with van der Waals surface area (Å²) >= 11 is 0. The third-order valence-electron chi connectivity index (χ3n) is 4.50. The molecule has 0 unspecified atom stereocenters. The van der Waals surface area contributed by atoms with Crippen molar-refractivity contribution in [3.05, 3.63) is 65.4 Å². The molecule has 1 N–H and O–H groups in total. The number of aryl methyl sites for hydroxylation is 2. The third-order valence-corrected chi connectivity index (χ3v) is 4.50. The summed E-state index contributed by atoms with van der Waals surface area (Å²) in [4.78, 5) is 27.0. The smallest absolute Gasteiger partial charge is 0.244 e. The van der Waals surface area contributed by atoms with Gasteiger partial charge in [0, 0.05) is 5.56 Å². The van der Waals surface area contributed by atoms with Gasteiger partial charge in [-0.3, -0.25) is 9.59 Å². The molecule has 8 heteroatoms. The van der Waals surface area contributed by atoms with Gasteiger partial charge in [-0.1, -0.05) is 17.3 Å². The molecule has 0 saturated carbocycles. The van der Waals surface area contributed by atoms with Crippen LogP contribution in [0, 0.1) is 13.8 Å². The predicted octanol–water partition coefficient (Wildman–Crippen LogP) is 3.10. The predicted molar refractivity (Wildman–Crippen MR) is 105 cm³/mol. The summed E-state index contributed by atoms with van der Waals surface area (Å²) in [5.74, 6) is 1.15. The monoisotopic (exact) mass is 397 g/mol. The largest absolute Gasteiger partial charge is 0.495 e. The van der Waals surface area contributed by atoms with E-state index in [1.54, 1.807) is 44.2 Å². The zero-order valence-electron chi connectivity index (χ0n) is 16.6. The van der Waals surface area contributed by atoms with Crippen molar-refractivity contribution in [1.29, 1.82) is 0 Å². The number of hydrogen-bond donors (Lipinski definition) is 1. The van der Waals surface area contributed by atoms with Crippen LogP contribution < -0.4 is 10.1 Å². The van der Waals surface area contributed by atoms with E-state index in [4.69, 9.17) is 13.7 Å². The number of ether oxygens (including phenoxy) is 1. The van der Waals surface area contributed by atoms with Crippen LogP contribution in [0.15, 0.2) is 51.6 Å². The van der Waals surface area contributed by atoms with Gasteiger partial charge >= 0.3 is 0 Å². The van der Waals surface area contributed by atoms with Crippen molar-refractivity contribution in [3.63, 3.8) is 0 Å². The van der Waals surface area contributed by atoms with Crippen molar-refractivity contribution in [3.8, 4) is 5.75 Å². The van der Waals surface area contributed by atoms with E-state index < -0.39 is 0 Å². The van der Waals surface area contributed by atoms with E-state index >= 15 is 0 Å². The fraction of sp³-hybridized carbons (Fsp3) is 0.286. The minimum absolute atomic E-state index is 0.0871. The molecule has 3 rings (SSSR count). The molecule has 0 fully saturated rings. The Kier molecular flexibility index (Phi) is 6.33. The van der Waals surface area contributed by atoms with Crippen molar-refractivity contribution in [1.82, 2.24) is 10.1 Å². The lowest BCUT2D eigenvalue weighted by atomic mass is 10.1. The van der Waals surface area contributed by atoms with Crippen LogP contribution in [0.4, 0.5) is 5.69 Å². The average molecular weight is 397 g/mol. The fourth-order valence-corrected chi connectivity index (χ4v) is 2.95.